The predicted octanol–water partition coefficient (Wildman–Crippen LogP) is 5.23. The van der Waals surface area contributed by atoms with Crippen LogP contribution in [0.2, 0.25) is 5.15 Å². The number of halogens is 3. The van der Waals surface area contributed by atoms with Gasteiger partial charge in [0.2, 0.25) is 0 Å². The smallest absolute Gasteiger partial charge is 0.298 e. The van der Waals surface area contributed by atoms with Gasteiger partial charge in [-0.3, -0.25) is 0 Å². The van der Waals surface area contributed by atoms with Gasteiger partial charge >= 0.3 is 0 Å². The fourth-order valence-electron chi connectivity index (χ4n) is 3.51. The minimum absolute atomic E-state index is 0.256. The number of hydrogen-bond donors (Lipinski definition) is 2. The minimum Gasteiger partial charge on any atom is -0.387 e. The molecule has 0 unspecified atom stereocenters. The third kappa shape index (κ3) is 3.80. The van der Waals surface area contributed by atoms with Crippen LogP contribution in [0.1, 0.15) is 49.4 Å². The van der Waals surface area contributed by atoms with Gasteiger partial charge in [0.1, 0.15) is 23.4 Å². The van der Waals surface area contributed by atoms with Crippen LogP contribution < -0.4 is 5.32 Å². The normalized spacial score (nSPS) is 17.1. The van der Waals surface area contributed by atoms with Crippen LogP contribution in [0.5, 0.6) is 0 Å². The van der Waals surface area contributed by atoms with Crippen molar-refractivity contribution < 1.29 is 13.9 Å². The number of anilines is 1. The van der Waals surface area contributed by atoms with Crippen molar-refractivity contribution in [3.63, 3.8) is 0 Å². The molecule has 2 aromatic heterocycles. The number of hydrogen-bond acceptors (Lipinski definition) is 5. The summed E-state index contributed by atoms with van der Waals surface area (Å²) in [7, 11) is 0. The number of aliphatic hydroxyl groups is 1. The lowest BCUT2D eigenvalue weighted by Gasteiger charge is -2.22. The van der Waals surface area contributed by atoms with Gasteiger partial charge in [0.05, 0.1) is 10.9 Å². The van der Waals surface area contributed by atoms with Crippen molar-refractivity contribution in [1.82, 2.24) is 15.0 Å². The first-order chi connectivity index (χ1) is 14.7. The average Bonchev–Trinajstić information content (AvgIpc) is 3.54. The second-order valence-electron chi connectivity index (χ2n) is 7.85. The van der Waals surface area contributed by atoms with Gasteiger partial charge < -0.3 is 15.3 Å². The third-order valence-corrected chi connectivity index (χ3v) is 5.95. The molecule has 2 heterocycles. The fourth-order valence-corrected chi connectivity index (χ4v) is 3.82. The Labute approximate surface area is 183 Å². The molecule has 3 aromatic rings. The van der Waals surface area contributed by atoms with E-state index in [-0.39, 0.29) is 16.8 Å². The average molecular weight is 444 g/mol. The van der Waals surface area contributed by atoms with Crippen LogP contribution >= 0.6 is 11.6 Å². The molecule has 1 aliphatic rings. The van der Waals surface area contributed by atoms with Gasteiger partial charge in [-0.2, -0.15) is 8.78 Å². The molecule has 9 heteroatoms. The standard InChI is InChI=1S/C22H20ClF2N5O/c1-12(14-5-4-6-15(9-14)22(24,25)13(2)31)29-19-16-10-17(21(26-3)7-8-21)18(23)30-20(16)28-11-27-19/h4-6,9-13,31H,7-8H2,1-2H3,(H,27,28,29,30)/t12-,13+/m1/s1. The van der Waals surface area contributed by atoms with Gasteiger partial charge in [0, 0.05) is 24.4 Å². The molecular formula is C22H20ClF2N5O. The summed E-state index contributed by atoms with van der Waals surface area (Å²) in [6, 6.07) is 7.33. The van der Waals surface area contributed by atoms with Gasteiger partial charge in [-0.05, 0) is 31.5 Å². The second-order valence-corrected chi connectivity index (χ2v) is 8.21. The molecule has 0 amide bonds. The van der Waals surface area contributed by atoms with E-state index < -0.39 is 17.6 Å². The Bertz CT molecular complexity index is 1190. The van der Waals surface area contributed by atoms with Crippen LogP contribution in [-0.2, 0) is 11.5 Å². The number of aliphatic hydroxyl groups excluding tert-OH is 1. The van der Waals surface area contributed by atoms with Gasteiger partial charge in [0.25, 0.3) is 11.5 Å². The van der Waals surface area contributed by atoms with Crippen LogP contribution in [0, 0.1) is 6.57 Å². The molecule has 1 fully saturated rings. The molecule has 1 saturated carbocycles. The maximum atomic E-state index is 14.3. The van der Waals surface area contributed by atoms with Crippen molar-refractivity contribution in [3.05, 3.63) is 69.9 Å². The fraction of sp³-hybridized carbons (Fsp3) is 0.364. The zero-order chi connectivity index (χ0) is 22.4. The van der Waals surface area contributed by atoms with Crippen molar-refractivity contribution >= 4 is 28.5 Å². The number of alkyl halides is 2. The van der Waals surface area contributed by atoms with Gasteiger partial charge in [0.15, 0.2) is 5.65 Å². The molecule has 0 aliphatic heterocycles. The third-order valence-electron chi connectivity index (χ3n) is 5.67. The Hall–Kier alpha value is -2.89. The van der Waals surface area contributed by atoms with E-state index in [0.29, 0.717) is 28.0 Å². The number of benzene rings is 1. The molecule has 6 nitrogen and oxygen atoms in total. The zero-order valence-electron chi connectivity index (χ0n) is 16.9. The first-order valence-electron chi connectivity index (χ1n) is 9.81. The molecule has 4 rings (SSSR count). The van der Waals surface area contributed by atoms with Crippen molar-refractivity contribution in [3.8, 4) is 0 Å². The molecule has 31 heavy (non-hydrogen) atoms. The first kappa shape index (κ1) is 21.3. The van der Waals surface area contributed by atoms with E-state index in [0.717, 1.165) is 19.8 Å². The van der Waals surface area contributed by atoms with E-state index in [9.17, 15) is 13.9 Å². The summed E-state index contributed by atoms with van der Waals surface area (Å²) in [5, 5.41) is 13.5. The van der Waals surface area contributed by atoms with E-state index in [1.165, 1.54) is 24.5 Å². The van der Waals surface area contributed by atoms with Crippen LogP contribution in [-0.4, -0.2) is 26.2 Å². The largest absolute Gasteiger partial charge is 0.387 e. The summed E-state index contributed by atoms with van der Waals surface area (Å²) < 4.78 is 28.5. The van der Waals surface area contributed by atoms with Crippen LogP contribution in [0.25, 0.3) is 15.9 Å². The summed E-state index contributed by atoms with van der Waals surface area (Å²) >= 11 is 6.32. The maximum absolute atomic E-state index is 14.3. The highest BCUT2D eigenvalue weighted by molar-refractivity contribution is 6.30. The molecule has 0 bridgehead atoms. The molecule has 2 atom stereocenters. The number of aromatic nitrogens is 3. The minimum atomic E-state index is -3.36. The summed E-state index contributed by atoms with van der Waals surface area (Å²) in [6.07, 6.45) is 0.990. The Morgan fingerprint density at radius 1 is 1.26 bits per heavy atom. The molecule has 1 aliphatic carbocycles. The summed E-state index contributed by atoms with van der Waals surface area (Å²) in [5.74, 6) is -2.89. The van der Waals surface area contributed by atoms with Gasteiger partial charge in [-0.25, -0.2) is 21.5 Å². The van der Waals surface area contributed by atoms with Crippen molar-refractivity contribution in [2.24, 2.45) is 0 Å². The molecule has 2 N–H and O–H groups in total. The van der Waals surface area contributed by atoms with Crippen molar-refractivity contribution in [2.45, 2.75) is 50.3 Å². The van der Waals surface area contributed by atoms with Crippen LogP contribution in [0.4, 0.5) is 14.6 Å². The lowest BCUT2D eigenvalue weighted by molar-refractivity contribution is -0.106. The van der Waals surface area contributed by atoms with E-state index >= 15 is 0 Å². The highest BCUT2D eigenvalue weighted by Gasteiger charge is 2.54. The molecule has 1 aromatic carbocycles. The summed E-state index contributed by atoms with van der Waals surface area (Å²) in [6.45, 7) is 10.4. The SMILES string of the molecule is [C-]#[N+]C1(c2cc3c(N[C@H](C)c4cccc(C(F)(F)[C@H](C)O)c4)ncnc3nc2Cl)CC1. The Morgan fingerprint density at radius 2 is 2.00 bits per heavy atom. The Morgan fingerprint density at radius 3 is 2.65 bits per heavy atom. The predicted molar refractivity (Wildman–Crippen MR) is 114 cm³/mol. The molecule has 160 valence electrons. The quantitative estimate of drug-likeness (QED) is 0.403. The number of nitrogens with one attached hydrogen (secondary N) is 1. The molecule has 0 radical (unpaired) electrons. The number of fused-ring (bicyclic) bond motifs is 1. The lowest BCUT2D eigenvalue weighted by Crippen LogP contribution is -2.28. The maximum Gasteiger partial charge on any atom is 0.298 e. The van der Waals surface area contributed by atoms with E-state index in [1.807, 2.05) is 6.92 Å². The molecule has 0 spiro atoms. The van der Waals surface area contributed by atoms with Crippen LogP contribution in [0.3, 0.4) is 0 Å². The van der Waals surface area contributed by atoms with E-state index in [4.69, 9.17) is 18.2 Å². The second kappa shape index (κ2) is 7.66. The number of nitrogens with zero attached hydrogens (tertiary/aromatic N) is 4. The number of rotatable bonds is 6. The summed E-state index contributed by atoms with van der Waals surface area (Å²) in [5.41, 5.74) is 0.739. The highest BCUT2D eigenvalue weighted by atomic mass is 35.5. The molecular weight excluding hydrogens is 424 g/mol. The highest BCUT2D eigenvalue weighted by Crippen LogP contribution is 2.52. The van der Waals surface area contributed by atoms with E-state index in [2.05, 4.69) is 25.1 Å². The Balaban J connectivity index is 1.69. The zero-order valence-corrected chi connectivity index (χ0v) is 17.7. The van der Waals surface area contributed by atoms with E-state index in [1.54, 1.807) is 12.1 Å². The lowest BCUT2D eigenvalue weighted by atomic mass is 9.99. The monoisotopic (exact) mass is 443 g/mol. The van der Waals surface area contributed by atoms with Gasteiger partial charge in [-0.15, -0.1) is 0 Å². The van der Waals surface area contributed by atoms with Gasteiger partial charge in [-0.1, -0.05) is 29.8 Å². The van der Waals surface area contributed by atoms with Crippen molar-refractivity contribution in [1.29, 1.82) is 0 Å². The topological polar surface area (TPSA) is 75.3 Å². The summed E-state index contributed by atoms with van der Waals surface area (Å²) in [4.78, 5) is 16.5. The van der Waals surface area contributed by atoms with Crippen molar-refractivity contribution in [2.75, 3.05) is 5.32 Å². The van der Waals surface area contributed by atoms with Crippen LogP contribution in [0.15, 0.2) is 36.7 Å². The first-order valence-corrected chi connectivity index (χ1v) is 10.2. The molecule has 0 saturated heterocycles. The number of pyridine rings is 1. The Kier molecular flexibility index (Phi) is 5.28.